The summed E-state index contributed by atoms with van der Waals surface area (Å²) >= 11 is 0. The molecule has 2 amide bonds. The van der Waals surface area contributed by atoms with Crippen LogP contribution in [0.5, 0.6) is 5.75 Å². The van der Waals surface area contributed by atoms with Crippen LogP contribution in [0.3, 0.4) is 0 Å². The van der Waals surface area contributed by atoms with E-state index in [2.05, 4.69) is 10.6 Å². The summed E-state index contributed by atoms with van der Waals surface area (Å²) in [7, 11) is 0. The number of carboxylic acid groups (broad SMARTS) is 2. The van der Waals surface area contributed by atoms with Crippen molar-refractivity contribution in [1.82, 2.24) is 10.6 Å². The number of carboxylic acids is 2. The number of amides is 2. The SMILES string of the molecule is C[C@@H](O)[C@@H](N)C(=O)N[C@@H](CC(=O)O)C(=O)N[C@H](Cc1ccc(O)cc1)C(=O)O. The molecule has 28 heavy (non-hydrogen) atoms. The summed E-state index contributed by atoms with van der Waals surface area (Å²) in [6, 6.07) is 1.25. The van der Waals surface area contributed by atoms with Crippen molar-refractivity contribution < 1.29 is 39.6 Å². The first-order valence-corrected chi connectivity index (χ1v) is 8.28. The van der Waals surface area contributed by atoms with Crippen molar-refractivity contribution >= 4 is 23.8 Å². The summed E-state index contributed by atoms with van der Waals surface area (Å²) in [4.78, 5) is 46.7. The van der Waals surface area contributed by atoms with Gasteiger partial charge in [-0.25, -0.2) is 4.79 Å². The first-order valence-electron chi connectivity index (χ1n) is 8.28. The standard InChI is InChI=1S/C17H23N3O8/c1-8(21)14(18)16(26)19-11(7-13(23)24)15(25)20-12(17(27)28)6-9-2-4-10(22)5-3-9/h2-5,8,11-12,14,21-22H,6-7,18H2,1H3,(H,19,26)(H,20,25)(H,23,24)(H,27,28)/t8-,11+,12-,14-/m1/s1. The van der Waals surface area contributed by atoms with Gasteiger partial charge in [-0.2, -0.15) is 0 Å². The van der Waals surface area contributed by atoms with Crippen LogP contribution in [-0.2, 0) is 25.6 Å². The van der Waals surface area contributed by atoms with E-state index in [9.17, 15) is 34.5 Å². The minimum absolute atomic E-state index is 0.0154. The van der Waals surface area contributed by atoms with Gasteiger partial charge in [0.1, 0.15) is 23.9 Å². The smallest absolute Gasteiger partial charge is 0.326 e. The van der Waals surface area contributed by atoms with Crippen LogP contribution in [0.25, 0.3) is 0 Å². The molecule has 0 saturated carbocycles. The summed E-state index contributed by atoms with van der Waals surface area (Å²) in [5.41, 5.74) is 5.95. The highest BCUT2D eigenvalue weighted by Crippen LogP contribution is 2.11. The molecule has 1 aromatic rings. The van der Waals surface area contributed by atoms with Crippen LogP contribution in [0, 0.1) is 0 Å². The third kappa shape index (κ3) is 7.21. The fourth-order valence-corrected chi connectivity index (χ4v) is 2.21. The number of hydrogen-bond acceptors (Lipinski definition) is 7. The number of aliphatic carboxylic acids is 2. The molecule has 0 heterocycles. The Balaban J connectivity index is 2.89. The molecule has 0 saturated heterocycles. The van der Waals surface area contributed by atoms with Crippen LogP contribution in [-0.4, -0.2) is 68.4 Å². The molecule has 1 rings (SSSR count). The van der Waals surface area contributed by atoms with Gasteiger partial charge in [-0.05, 0) is 24.6 Å². The van der Waals surface area contributed by atoms with Crippen LogP contribution in [0.4, 0.5) is 0 Å². The van der Waals surface area contributed by atoms with Crippen LogP contribution < -0.4 is 16.4 Å². The number of nitrogens with one attached hydrogen (secondary N) is 2. The Bertz CT molecular complexity index is 720. The quantitative estimate of drug-likeness (QED) is 0.237. The lowest BCUT2D eigenvalue weighted by molar-refractivity contribution is -0.143. The van der Waals surface area contributed by atoms with E-state index in [0.717, 1.165) is 0 Å². The van der Waals surface area contributed by atoms with E-state index in [-0.39, 0.29) is 12.2 Å². The van der Waals surface area contributed by atoms with Gasteiger partial charge in [0.15, 0.2) is 0 Å². The molecule has 1 aromatic carbocycles. The molecule has 0 radical (unpaired) electrons. The van der Waals surface area contributed by atoms with Gasteiger partial charge in [-0.3, -0.25) is 14.4 Å². The van der Waals surface area contributed by atoms with E-state index in [4.69, 9.17) is 10.8 Å². The zero-order chi connectivity index (χ0) is 21.4. The van der Waals surface area contributed by atoms with Gasteiger partial charge >= 0.3 is 11.9 Å². The Hall–Kier alpha value is -3.18. The second-order valence-corrected chi connectivity index (χ2v) is 6.20. The lowest BCUT2D eigenvalue weighted by atomic mass is 10.0. The van der Waals surface area contributed by atoms with Gasteiger partial charge < -0.3 is 36.8 Å². The maximum absolute atomic E-state index is 12.4. The molecule has 0 bridgehead atoms. The van der Waals surface area contributed by atoms with Gasteiger partial charge in [-0.1, -0.05) is 12.1 Å². The van der Waals surface area contributed by atoms with E-state index in [1.165, 1.54) is 31.2 Å². The number of aliphatic hydroxyl groups excluding tert-OH is 1. The summed E-state index contributed by atoms with van der Waals surface area (Å²) in [6.45, 7) is 1.24. The largest absolute Gasteiger partial charge is 0.508 e. The van der Waals surface area contributed by atoms with Crippen molar-refractivity contribution in [3.8, 4) is 5.75 Å². The molecule has 0 aliphatic heterocycles. The zero-order valence-electron chi connectivity index (χ0n) is 15.0. The molecule has 0 unspecified atom stereocenters. The van der Waals surface area contributed by atoms with Crippen LogP contribution in [0.2, 0.25) is 0 Å². The van der Waals surface area contributed by atoms with E-state index >= 15 is 0 Å². The Morgan fingerprint density at radius 1 is 1.00 bits per heavy atom. The van der Waals surface area contributed by atoms with Gasteiger partial charge in [-0.15, -0.1) is 0 Å². The average molecular weight is 397 g/mol. The molecule has 0 fully saturated rings. The van der Waals surface area contributed by atoms with Crippen molar-refractivity contribution in [2.24, 2.45) is 5.73 Å². The van der Waals surface area contributed by atoms with Crippen molar-refractivity contribution in [1.29, 1.82) is 0 Å². The highest BCUT2D eigenvalue weighted by molar-refractivity contribution is 5.94. The summed E-state index contributed by atoms with van der Waals surface area (Å²) < 4.78 is 0. The molecule has 0 aliphatic rings. The Labute approximate surface area is 160 Å². The Kier molecular flexibility index (Phi) is 8.35. The molecular weight excluding hydrogens is 374 g/mol. The minimum atomic E-state index is -1.59. The molecule has 0 aliphatic carbocycles. The number of benzene rings is 1. The molecule has 11 nitrogen and oxygen atoms in total. The van der Waals surface area contributed by atoms with Gasteiger partial charge in [0.2, 0.25) is 11.8 Å². The maximum Gasteiger partial charge on any atom is 0.326 e. The van der Waals surface area contributed by atoms with Gasteiger partial charge in [0.25, 0.3) is 0 Å². The zero-order valence-corrected chi connectivity index (χ0v) is 15.0. The van der Waals surface area contributed by atoms with Crippen molar-refractivity contribution in [2.75, 3.05) is 0 Å². The number of carbonyl (C=O) groups is 4. The monoisotopic (exact) mass is 397 g/mol. The van der Waals surface area contributed by atoms with Crippen molar-refractivity contribution in [3.63, 3.8) is 0 Å². The van der Waals surface area contributed by atoms with Crippen LogP contribution in [0.15, 0.2) is 24.3 Å². The average Bonchev–Trinajstić information content (AvgIpc) is 2.60. The molecule has 0 spiro atoms. The van der Waals surface area contributed by atoms with Crippen molar-refractivity contribution in [3.05, 3.63) is 29.8 Å². The Morgan fingerprint density at radius 2 is 1.54 bits per heavy atom. The fourth-order valence-electron chi connectivity index (χ4n) is 2.21. The van der Waals surface area contributed by atoms with E-state index in [1.807, 2.05) is 0 Å². The Morgan fingerprint density at radius 3 is 2.00 bits per heavy atom. The highest BCUT2D eigenvalue weighted by Gasteiger charge is 2.30. The number of nitrogens with two attached hydrogens (primary N) is 1. The van der Waals surface area contributed by atoms with E-state index in [1.54, 1.807) is 0 Å². The molecule has 0 aromatic heterocycles. The lowest BCUT2D eigenvalue weighted by Gasteiger charge is -2.22. The summed E-state index contributed by atoms with van der Waals surface area (Å²) in [5.74, 6) is -4.78. The maximum atomic E-state index is 12.4. The molecule has 8 N–H and O–H groups in total. The minimum Gasteiger partial charge on any atom is -0.508 e. The molecule has 11 heteroatoms. The number of aromatic hydroxyl groups is 1. The van der Waals surface area contributed by atoms with E-state index < -0.39 is 54.4 Å². The third-order valence-corrected chi connectivity index (χ3v) is 3.82. The number of hydrogen-bond donors (Lipinski definition) is 7. The van der Waals surface area contributed by atoms with Gasteiger partial charge in [0, 0.05) is 6.42 Å². The second-order valence-electron chi connectivity index (χ2n) is 6.20. The topological polar surface area (TPSA) is 199 Å². The summed E-state index contributed by atoms with van der Waals surface area (Å²) in [5, 5.41) is 41.1. The number of rotatable bonds is 10. The third-order valence-electron chi connectivity index (χ3n) is 3.82. The lowest BCUT2D eigenvalue weighted by Crippen LogP contribution is -2.57. The van der Waals surface area contributed by atoms with Crippen LogP contribution in [0.1, 0.15) is 18.9 Å². The van der Waals surface area contributed by atoms with E-state index in [0.29, 0.717) is 5.56 Å². The van der Waals surface area contributed by atoms with Crippen molar-refractivity contribution in [2.45, 2.75) is 44.0 Å². The highest BCUT2D eigenvalue weighted by atomic mass is 16.4. The first-order chi connectivity index (χ1) is 13.0. The fraction of sp³-hybridized carbons (Fsp3) is 0.412. The van der Waals surface area contributed by atoms with Crippen LogP contribution >= 0.6 is 0 Å². The predicted molar refractivity (Wildman–Crippen MR) is 95.2 cm³/mol. The number of phenols is 1. The predicted octanol–water partition coefficient (Wildman–Crippen LogP) is -1.83. The first kappa shape index (κ1) is 22.9. The molecular formula is C17H23N3O8. The normalized spacial score (nSPS) is 15.0. The second kappa shape index (κ2) is 10.2. The number of aliphatic hydroxyl groups is 1. The molecule has 4 atom stereocenters. The number of carbonyl (C=O) groups excluding carboxylic acids is 2. The summed E-state index contributed by atoms with van der Waals surface area (Å²) in [6.07, 6.45) is -2.19. The molecule has 154 valence electrons. The van der Waals surface area contributed by atoms with Gasteiger partial charge in [0.05, 0.1) is 12.5 Å². The number of phenolic OH excluding ortho intramolecular Hbond substituents is 1.